The van der Waals surface area contributed by atoms with Gasteiger partial charge in [-0.25, -0.2) is 0 Å². The van der Waals surface area contributed by atoms with Gasteiger partial charge in [0.1, 0.15) is 0 Å². The molecule has 106 valence electrons. The molecule has 1 saturated heterocycles. The van der Waals surface area contributed by atoms with E-state index in [0.29, 0.717) is 18.3 Å². The molecule has 0 radical (unpaired) electrons. The van der Waals surface area contributed by atoms with E-state index in [0.717, 1.165) is 24.6 Å². The molecule has 0 aromatic heterocycles. The van der Waals surface area contributed by atoms with Crippen molar-refractivity contribution >= 4 is 0 Å². The minimum Gasteiger partial charge on any atom is -0.504 e. The van der Waals surface area contributed by atoms with Crippen LogP contribution in [0.3, 0.4) is 0 Å². The van der Waals surface area contributed by atoms with E-state index in [1.54, 1.807) is 13.2 Å². The lowest BCUT2D eigenvalue weighted by molar-refractivity contribution is 0.115. The third kappa shape index (κ3) is 3.39. The number of aromatic hydroxyl groups is 1. The van der Waals surface area contributed by atoms with Gasteiger partial charge in [0.25, 0.3) is 0 Å². The fourth-order valence-electron chi connectivity index (χ4n) is 2.81. The lowest BCUT2D eigenvalue weighted by Crippen LogP contribution is -2.45. The van der Waals surface area contributed by atoms with E-state index in [-0.39, 0.29) is 5.75 Å². The Hall–Kier alpha value is -1.26. The summed E-state index contributed by atoms with van der Waals surface area (Å²) in [6.07, 6.45) is 2.40. The number of hydrogen-bond donors (Lipinski definition) is 2. The van der Waals surface area contributed by atoms with E-state index < -0.39 is 0 Å². The lowest BCUT2D eigenvalue weighted by Gasteiger charge is -2.38. The second kappa shape index (κ2) is 6.26. The monoisotopic (exact) mass is 264 g/mol. The van der Waals surface area contributed by atoms with Crippen molar-refractivity contribution < 1.29 is 9.84 Å². The largest absolute Gasteiger partial charge is 0.504 e. The van der Waals surface area contributed by atoms with Gasteiger partial charge >= 0.3 is 0 Å². The molecule has 4 nitrogen and oxygen atoms in total. The van der Waals surface area contributed by atoms with Crippen molar-refractivity contribution in [3.63, 3.8) is 0 Å². The third-order valence-corrected chi connectivity index (χ3v) is 4.00. The van der Waals surface area contributed by atoms with Crippen LogP contribution in [-0.4, -0.2) is 36.2 Å². The summed E-state index contributed by atoms with van der Waals surface area (Å²) in [6, 6.07) is 6.01. The van der Waals surface area contributed by atoms with E-state index in [1.165, 1.54) is 12.8 Å². The third-order valence-electron chi connectivity index (χ3n) is 4.00. The standard InChI is InChI=1S/C15H24N2O2/c1-11-5-6-17(13(7-11)9-16)10-12-3-4-14(18)15(8-12)19-2/h3-4,8,11,13,18H,5-7,9-10,16H2,1-2H3. The average Bonchev–Trinajstić information content (AvgIpc) is 2.42. The van der Waals surface area contributed by atoms with Gasteiger partial charge in [-0.3, -0.25) is 4.90 Å². The van der Waals surface area contributed by atoms with Gasteiger partial charge < -0.3 is 15.6 Å². The minimum absolute atomic E-state index is 0.189. The molecule has 2 unspecified atom stereocenters. The maximum atomic E-state index is 9.62. The molecule has 0 saturated carbocycles. The Morgan fingerprint density at radius 2 is 2.26 bits per heavy atom. The molecule has 1 aliphatic heterocycles. The van der Waals surface area contributed by atoms with E-state index in [1.807, 2.05) is 12.1 Å². The fraction of sp³-hybridized carbons (Fsp3) is 0.600. The van der Waals surface area contributed by atoms with Gasteiger partial charge in [-0.05, 0) is 43.0 Å². The number of rotatable bonds is 4. The van der Waals surface area contributed by atoms with Gasteiger partial charge in [-0.1, -0.05) is 13.0 Å². The zero-order chi connectivity index (χ0) is 13.8. The number of phenols is 1. The molecule has 1 aliphatic rings. The van der Waals surface area contributed by atoms with Crippen LogP contribution >= 0.6 is 0 Å². The van der Waals surface area contributed by atoms with Crippen molar-refractivity contribution in [3.05, 3.63) is 23.8 Å². The number of nitrogens with two attached hydrogens (primary N) is 1. The number of hydrogen-bond acceptors (Lipinski definition) is 4. The highest BCUT2D eigenvalue weighted by molar-refractivity contribution is 5.41. The van der Waals surface area contributed by atoms with Gasteiger partial charge in [-0.2, -0.15) is 0 Å². The Morgan fingerprint density at radius 1 is 1.47 bits per heavy atom. The molecule has 1 heterocycles. The molecule has 4 heteroatoms. The lowest BCUT2D eigenvalue weighted by atomic mass is 9.92. The van der Waals surface area contributed by atoms with Gasteiger partial charge in [0.15, 0.2) is 11.5 Å². The normalized spacial score (nSPS) is 24.4. The van der Waals surface area contributed by atoms with Crippen molar-refractivity contribution in [1.29, 1.82) is 0 Å². The molecule has 1 aromatic carbocycles. The Kier molecular flexibility index (Phi) is 4.66. The Balaban J connectivity index is 2.07. The first kappa shape index (κ1) is 14.2. The fourth-order valence-corrected chi connectivity index (χ4v) is 2.81. The minimum atomic E-state index is 0.189. The first-order chi connectivity index (χ1) is 9.13. The summed E-state index contributed by atoms with van der Waals surface area (Å²) in [5.74, 6) is 1.49. The molecule has 19 heavy (non-hydrogen) atoms. The number of likely N-dealkylation sites (tertiary alicyclic amines) is 1. The van der Waals surface area contributed by atoms with Gasteiger partial charge in [0.05, 0.1) is 7.11 Å². The van der Waals surface area contributed by atoms with Gasteiger partial charge in [0, 0.05) is 19.1 Å². The number of piperidine rings is 1. The number of benzene rings is 1. The summed E-state index contributed by atoms with van der Waals surface area (Å²) in [5.41, 5.74) is 7.04. The number of nitrogens with zero attached hydrogens (tertiary/aromatic N) is 1. The quantitative estimate of drug-likeness (QED) is 0.873. The molecule has 1 fully saturated rings. The molecule has 2 atom stereocenters. The highest BCUT2D eigenvalue weighted by Crippen LogP contribution is 2.28. The van der Waals surface area contributed by atoms with Crippen LogP contribution in [0.15, 0.2) is 18.2 Å². The van der Waals surface area contributed by atoms with Crippen molar-refractivity contribution in [2.45, 2.75) is 32.4 Å². The summed E-state index contributed by atoms with van der Waals surface area (Å²) in [5, 5.41) is 9.62. The maximum Gasteiger partial charge on any atom is 0.160 e. The van der Waals surface area contributed by atoms with Crippen molar-refractivity contribution in [2.75, 3.05) is 20.2 Å². The molecular weight excluding hydrogens is 240 g/mol. The topological polar surface area (TPSA) is 58.7 Å². The molecule has 3 N–H and O–H groups in total. The first-order valence-corrected chi connectivity index (χ1v) is 6.94. The smallest absolute Gasteiger partial charge is 0.160 e. The van der Waals surface area contributed by atoms with Crippen LogP contribution in [0, 0.1) is 5.92 Å². The van der Waals surface area contributed by atoms with E-state index in [2.05, 4.69) is 11.8 Å². The molecule has 0 spiro atoms. The second-order valence-electron chi connectivity index (χ2n) is 5.50. The molecule has 2 rings (SSSR count). The summed E-state index contributed by atoms with van der Waals surface area (Å²) in [7, 11) is 1.57. The molecular formula is C15H24N2O2. The first-order valence-electron chi connectivity index (χ1n) is 6.94. The highest BCUT2D eigenvalue weighted by atomic mass is 16.5. The Morgan fingerprint density at radius 3 is 2.95 bits per heavy atom. The van der Waals surface area contributed by atoms with Crippen molar-refractivity contribution in [1.82, 2.24) is 4.90 Å². The second-order valence-corrected chi connectivity index (χ2v) is 5.50. The summed E-state index contributed by atoms with van der Waals surface area (Å²) < 4.78 is 5.15. The molecule has 0 amide bonds. The molecule has 0 bridgehead atoms. The van der Waals surface area contributed by atoms with Crippen LogP contribution in [0.5, 0.6) is 11.5 Å². The number of methoxy groups -OCH3 is 1. The highest BCUT2D eigenvalue weighted by Gasteiger charge is 2.25. The predicted octanol–water partition coefficient (Wildman–Crippen LogP) is 1.96. The van der Waals surface area contributed by atoms with E-state index >= 15 is 0 Å². The van der Waals surface area contributed by atoms with Crippen LogP contribution in [0.4, 0.5) is 0 Å². The average molecular weight is 264 g/mol. The number of phenolic OH excluding ortho intramolecular Hbond substituents is 1. The van der Waals surface area contributed by atoms with Gasteiger partial charge in [-0.15, -0.1) is 0 Å². The van der Waals surface area contributed by atoms with Gasteiger partial charge in [0.2, 0.25) is 0 Å². The van der Waals surface area contributed by atoms with Crippen molar-refractivity contribution in [3.8, 4) is 11.5 Å². The number of ether oxygens (including phenoxy) is 1. The van der Waals surface area contributed by atoms with Crippen LogP contribution < -0.4 is 10.5 Å². The Bertz CT molecular complexity index is 423. The summed E-state index contributed by atoms with van der Waals surface area (Å²) >= 11 is 0. The van der Waals surface area contributed by atoms with Crippen molar-refractivity contribution in [2.24, 2.45) is 11.7 Å². The zero-order valence-corrected chi connectivity index (χ0v) is 11.8. The maximum absolute atomic E-state index is 9.62. The van der Waals surface area contributed by atoms with Crippen LogP contribution in [0.2, 0.25) is 0 Å². The van der Waals surface area contributed by atoms with E-state index in [9.17, 15) is 5.11 Å². The summed E-state index contributed by atoms with van der Waals surface area (Å²) in [6.45, 7) is 4.96. The molecule has 0 aliphatic carbocycles. The van der Waals surface area contributed by atoms with Crippen LogP contribution in [0.25, 0.3) is 0 Å². The Labute approximate surface area is 115 Å². The van der Waals surface area contributed by atoms with E-state index in [4.69, 9.17) is 10.5 Å². The van der Waals surface area contributed by atoms with Crippen LogP contribution in [0.1, 0.15) is 25.3 Å². The predicted molar refractivity (Wildman–Crippen MR) is 76.3 cm³/mol. The SMILES string of the molecule is COc1cc(CN2CCC(C)CC2CN)ccc1O. The zero-order valence-electron chi connectivity index (χ0n) is 11.8. The molecule has 1 aromatic rings. The van der Waals surface area contributed by atoms with Crippen LogP contribution in [-0.2, 0) is 6.54 Å². The summed E-state index contributed by atoms with van der Waals surface area (Å²) in [4.78, 5) is 2.44.